The fourth-order valence-corrected chi connectivity index (χ4v) is 1.79. The van der Waals surface area contributed by atoms with Gasteiger partial charge in [-0.1, -0.05) is 18.5 Å². The second kappa shape index (κ2) is 6.40. The molecule has 0 saturated heterocycles. The minimum atomic E-state index is -1.07. The third kappa shape index (κ3) is 3.47. The number of hydrogen-bond acceptors (Lipinski definition) is 3. The van der Waals surface area contributed by atoms with Gasteiger partial charge in [0.2, 0.25) is 0 Å². The van der Waals surface area contributed by atoms with E-state index in [4.69, 9.17) is 21.4 Å². The molecule has 0 bridgehead atoms. The van der Waals surface area contributed by atoms with E-state index in [1.807, 2.05) is 6.92 Å². The summed E-state index contributed by atoms with van der Waals surface area (Å²) in [5, 5.41) is 8.82. The maximum absolute atomic E-state index is 11.8. The van der Waals surface area contributed by atoms with Gasteiger partial charge in [-0.25, -0.2) is 4.79 Å². The number of carboxylic acids is 1. The number of hydrogen-bond donors (Lipinski definition) is 1. The van der Waals surface area contributed by atoms with Crippen LogP contribution in [-0.4, -0.2) is 23.5 Å². The van der Waals surface area contributed by atoms with Crippen molar-refractivity contribution >= 4 is 23.4 Å². The van der Waals surface area contributed by atoms with Crippen LogP contribution < -0.4 is 4.74 Å². The summed E-state index contributed by atoms with van der Waals surface area (Å²) in [5.74, 6) is -0.763. The largest absolute Gasteiger partial charge is 0.480 e. The van der Waals surface area contributed by atoms with Gasteiger partial charge < -0.3 is 9.84 Å². The van der Waals surface area contributed by atoms with Crippen LogP contribution in [0.4, 0.5) is 0 Å². The van der Waals surface area contributed by atoms with Crippen molar-refractivity contribution in [2.24, 2.45) is 0 Å². The third-order valence-electron chi connectivity index (χ3n) is 2.48. The lowest BCUT2D eigenvalue weighted by Gasteiger charge is -2.11. The summed E-state index contributed by atoms with van der Waals surface area (Å²) in [7, 11) is 0. The van der Waals surface area contributed by atoms with E-state index in [2.05, 4.69) is 0 Å². The molecule has 0 aliphatic rings. The van der Waals surface area contributed by atoms with E-state index in [0.717, 1.165) is 6.42 Å². The normalized spacial score (nSPS) is 10.2. The average molecular weight is 271 g/mol. The van der Waals surface area contributed by atoms with Crippen molar-refractivity contribution in [3.8, 4) is 5.75 Å². The van der Waals surface area contributed by atoms with Crippen LogP contribution in [-0.2, 0) is 4.79 Å². The Bertz CT molecular complexity index is 468. The number of halogens is 1. The standard InChI is InChI=1S/C13H15ClO4/c1-3-4-10(15)9-5-6-11(13(14)8(9)2)18-7-12(16)17/h5-6H,3-4,7H2,1-2H3,(H,16,17). The molecule has 0 aliphatic carbocycles. The molecule has 0 spiro atoms. The van der Waals surface area contributed by atoms with E-state index in [1.165, 1.54) is 6.07 Å². The van der Waals surface area contributed by atoms with Crippen LogP contribution in [0, 0.1) is 6.92 Å². The average Bonchev–Trinajstić information content (AvgIpc) is 2.31. The molecule has 0 heterocycles. The Morgan fingerprint density at radius 2 is 2.06 bits per heavy atom. The molecule has 1 rings (SSSR count). The highest BCUT2D eigenvalue weighted by Crippen LogP contribution is 2.30. The first-order chi connectivity index (χ1) is 8.47. The second-order valence-corrected chi connectivity index (χ2v) is 4.28. The van der Waals surface area contributed by atoms with Crippen molar-refractivity contribution in [1.82, 2.24) is 0 Å². The first kappa shape index (κ1) is 14.5. The van der Waals surface area contributed by atoms with Gasteiger partial charge in [-0.2, -0.15) is 0 Å². The smallest absolute Gasteiger partial charge is 0.341 e. The zero-order valence-electron chi connectivity index (χ0n) is 10.3. The molecule has 0 radical (unpaired) electrons. The summed E-state index contributed by atoms with van der Waals surface area (Å²) in [6.45, 7) is 3.19. The summed E-state index contributed by atoms with van der Waals surface area (Å²) < 4.78 is 5.03. The van der Waals surface area contributed by atoms with Gasteiger partial charge in [0, 0.05) is 12.0 Å². The quantitative estimate of drug-likeness (QED) is 0.807. The molecular formula is C13H15ClO4. The van der Waals surface area contributed by atoms with E-state index >= 15 is 0 Å². The van der Waals surface area contributed by atoms with Gasteiger partial charge in [0.05, 0.1) is 5.02 Å². The molecule has 1 N–H and O–H groups in total. The van der Waals surface area contributed by atoms with Crippen LogP contribution in [0.3, 0.4) is 0 Å². The first-order valence-electron chi connectivity index (χ1n) is 5.64. The molecule has 5 heteroatoms. The molecule has 98 valence electrons. The number of benzene rings is 1. The van der Waals surface area contributed by atoms with Crippen molar-refractivity contribution in [3.63, 3.8) is 0 Å². The van der Waals surface area contributed by atoms with E-state index in [-0.39, 0.29) is 11.5 Å². The maximum atomic E-state index is 11.8. The zero-order valence-corrected chi connectivity index (χ0v) is 11.1. The molecule has 0 atom stereocenters. The second-order valence-electron chi connectivity index (χ2n) is 3.91. The highest BCUT2D eigenvalue weighted by atomic mass is 35.5. The van der Waals surface area contributed by atoms with Crippen LogP contribution in [0.25, 0.3) is 0 Å². The topological polar surface area (TPSA) is 63.6 Å². The summed E-state index contributed by atoms with van der Waals surface area (Å²) in [6.07, 6.45) is 1.24. The minimum Gasteiger partial charge on any atom is -0.480 e. The molecule has 0 aromatic heterocycles. The molecule has 1 aromatic carbocycles. The van der Waals surface area contributed by atoms with Gasteiger partial charge in [0.1, 0.15) is 5.75 Å². The molecule has 0 unspecified atom stereocenters. The molecule has 1 aromatic rings. The summed E-state index contributed by atoms with van der Waals surface area (Å²) in [5.41, 5.74) is 1.18. The Labute approximate surface area is 111 Å². The summed E-state index contributed by atoms with van der Waals surface area (Å²) >= 11 is 6.06. The van der Waals surface area contributed by atoms with Crippen LogP contribution in [0.2, 0.25) is 5.02 Å². The van der Waals surface area contributed by atoms with Crippen LogP contribution >= 0.6 is 11.6 Å². The number of carbonyl (C=O) groups excluding carboxylic acids is 1. The van der Waals surface area contributed by atoms with Crippen LogP contribution in [0.1, 0.15) is 35.7 Å². The predicted octanol–water partition coefficient (Wildman–Crippen LogP) is 3.09. The van der Waals surface area contributed by atoms with Crippen molar-refractivity contribution in [3.05, 3.63) is 28.3 Å². The van der Waals surface area contributed by atoms with Gasteiger partial charge >= 0.3 is 5.97 Å². The van der Waals surface area contributed by atoms with Crippen molar-refractivity contribution in [1.29, 1.82) is 0 Å². The van der Waals surface area contributed by atoms with E-state index < -0.39 is 12.6 Å². The van der Waals surface area contributed by atoms with E-state index in [0.29, 0.717) is 22.6 Å². The van der Waals surface area contributed by atoms with E-state index in [9.17, 15) is 9.59 Å². The van der Waals surface area contributed by atoms with Gasteiger partial charge in [0.15, 0.2) is 12.4 Å². The number of Topliss-reactive ketones (excluding diaryl/α,β-unsaturated/α-hetero) is 1. The van der Waals surface area contributed by atoms with Crippen molar-refractivity contribution in [2.75, 3.05) is 6.61 Å². The van der Waals surface area contributed by atoms with Crippen molar-refractivity contribution < 1.29 is 19.4 Å². The van der Waals surface area contributed by atoms with Gasteiger partial charge in [-0.3, -0.25) is 4.79 Å². The Hall–Kier alpha value is -1.55. The van der Waals surface area contributed by atoms with Gasteiger partial charge in [0.25, 0.3) is 0 Å². The summed E-state index contributed by atoms with van der Waals surface area (Å²) in [4.78, 5) is 22.2. The molecule has 4 nitrogen and oxygen atoms in total. The fraction of sp³-hybridized carbons (Fsp3) is 0.385. The lowest BCUT2D eigenvalue weighted by Crippen LogP contribution is -2.10. The third-order valence-corrected chi connectivity index (χ3v) is 2.95. The van der Waals surface area contributed by atoms with Gasteiger partial charge in [-0.15, -0.1) is 0 Å². The number of ketones is 1. The van der Waals surface area contributed by atoms with E-state index in [1.54, 1.807) is 13.0 Å². The Balaban J connectivity index is 2.97. The maximum Gasteiger partial charge on any atom is 0.341 e. The molecule has 0 aliphatic heterocycles. The molecular weight excluding hydrogens is 256 g/mol. The lowest BCUT2D eigenvalue weighted by atomic mass is 10.0. The monoisotopic (exact) mass is 270 g/mol. The lowest BCUT2D eigenvalue weighted by molar-refractivity contribution is -0.139. The van der Waals surface area contributed by atoms with Crippen LogP contribution in [0.5, 0.6) is 5.75 Å². The molecule has 18 heavy (non-hydrogen) atoms. The molecule has 0 amide bonds. The molecule has 0 saturated carbocycles. The minimum absolute atomic E-state index is 0.0293. The zero-order chi connectivity index (χ0) is 13.7. The number of carbonyl (C=O) groups is 2. The highest BCUT2D eigenvalue weighted by molar-refractivity contribution is 6.33. The highest BCUT2D eigenvalue weighted by Gasteiger charge is 2.14. The molecule has 0 fully saturated rings. The fourth-order valence-electron chi connectivity index (χ4n) is 1.57. The Kier molecular flexibility index (Phi) is 5.16. The first-order valence-corrected chi connectivity index (χ1v) is 6.02. The summed E-state index contributed by atoms with van der Waals surface area (Å²) in [6, 6.07) is 3.15. The number of ether oxygens (including phenoxy) is 1. The number of carboxylic acid groups (broad SMARTS) is 1. The number of aliphatic carboxylic acids is 1. The number of rotatable bonds is 6. The predicted molar refractivity (Wildman–Crippen MR) is 68.6 cm³/mol. The van der Waals surface area contributed by atoms with Crippen molar-refractivity contribution in [2.45, 2.75) is 26.7 Å². The Morgan fingerprint density at radius 1 is 1.39 bits per heavy atom. The Morgan fingerprint density at radius 3 is 2.61 bits per heavy atom. The van der Waals surface area contributed by atoms with Crippen LogP contribution in [0.15, 0.2) is 12.1 Å². The SMILES string of the molecule is CCCC(=O)c1ccc(OCC(=O)O)c(Cl)c1C. The van der Waals surface area contributed by atoms with Gasteiger partial charge in [-0.05, 0) is 31.0 Å².